The Morgan fingerprint density at radius 3 is 2.74 bits per heavy atom. The molecule has 0 spiro atoms. The maximum atomic E-state index is 13.6. The van der Waals surface area contributed by atoms with Crippen LogP contribution in [0, 0.1) is 5.82 Å². The molecule has 0 radical (unpaired) electrons. The van der Waals surface area contributed by atoms with Crippen LogP contribution in [0.25, 0.3) is 11.4 Å². The number of nitrogens with one attached hydrogen (secondary N) is 1. The second kappa shape index (κ2) is 6.36. The van der Waals surface area contributed by atoms with Crippen molar-refractivity contribution >= 4 is 33.0 Å². The van der Waals surface area contributed by atoms with Gasteiger partial charge in [0.05, 0.1) is 16.4 Å². The van der Waals surface area contributed by atoms with Gasteiger partial charge in [-0.15, -0.1) is 11.3 Å². The highest BCUT2D eigenvalue weighted by Gasteiger charge is 2.18. The van der Waals surface area contributed by atoms with Crippen LogP contribution >= 0.6 is 22.9 Å². The first kappa shape index (κ1) is 16.1. The van der Waals surface area contributed by atoms with Crippen molar-refractivity contribution < 1.29 is 17.3 Å². The van der Waals surface area contributed by atoms with Crippen LogP contribution in [0.4, 0.5) is 4.39 Å². The number of aromatic nitrogens is 2. The molecule has 3 rings (SSSR count). The predicted molar refractivity (Wildman–Crippen MR) is 83.0 cm³/mol. The van der Waals surface area contributed by atoms with E-state index in [2.05, 4.69) is 14.9 Å². The van der Waals surface area contributed by atoms with Crippen molar-refractivity contribution in [3.05, 3.63) is 52.4 Å². The van der Waals surface area contributed by atoms with Gasteiger partial charge in [0, 0.05) is 0 Å². The van der Waals surface area contributed by atoms with E-state index >= 15 is 0 Å². The Labute approximate surface area is 140 Å². The molecule has 0 aliphatic rings. The summed E-state index contributed by atoms with van der Waals surface area (Å²) in [4.78, 5) is 3.98. The minimum Gasteiger partial charge on any atom is -0.338 e. The lowest BCUT2D eigenvalue weighted by molar-refractivity contribution is 0.375. The zero-order valence-electron chi connectivity index (χ0n) is 11.4. The zero-order chi connectivity index (χ0) is 16.4. The molecule has 0 unspecified atom stereocenters. The summed E-state index contributed by atoms with van der Waals surface area (Å²) in [5.41, 5.74) is 0.176. The molecule has 0 bridgehead atoms. The highest BCUT2D eigenvalue weighted by molar-refractivity contribution is 7.91. The monoisotopic (exact) mass is 373 g/mol. The summed E-state index contributed by atoms with van der Waals surface area (Å²) >= 11 is 6.65. The Hall–Kier alpha value is -1.81. The molecule has 1 aromatic carbocycles. The van der Waals surface area contributed by atoms with Crippen LogP contribution in [-0.2, 0) is 16.6 Å². The largest absolute Gasteiger partial charge is 0.338 e. The molecule has 10 heteroatoms. The first-order valence-corrected chi connectivity index (χ1v) is 8.96. The van der Waals surface area contributed by atoms with E-state index in [9.17, 15) is 12.8 Å². The molecule has 3 aromatic rings. The van der Waals surface area contributed by atoms with E-state index in [4.69, 9.17) is 16.1 Å². The van der Waals surface area contributed by atoms with Crippen LogP contribution in [0.5, 0.6) is 0 Å². The van der Waals surface area contributed by atoms with Crippen LogP contribution in [0.1, 0.15) is 5.89 Å². The van der Waals surface area contributed by atoms with Crippen LogP contribution in [-0.4, -0.2) is 18.6 Å². The fraction of sp³-hybridized carbons (Fsp3) is 0.0769. The number of sulfonamides is 1. The zero-order valence-corrected chi connectivity index (χ0v) is 13.8. The molecule has 0 atom stereocenters. The molecular weight excluding hydrogens is 365 g/mol. The lowest BCUT2D eigenvalue weighted by Gasteiger charge is -2.00. The Morgan fingerprint density at radius 2 is 2.04 bits per heavy atom. The van der Waals surface area contributed by atoms with Gasteiger partial charge in [-0.2, -0.15) is 4.98 Å². The highest BCUT2D eigenvalue weighted by Crippen LogP contribution is 2.25. The highest BCUT2D eigenvalue weighted by atomic mass is 35.5. The Balaban J connectivity index is 1.74. The second-order valence-corrected chi connectivity index (χ2v) is 8.08. The molecule has 0 saturated heterocycles. The summed E-state index contributed by atoms with van der Waals surface area (Å²) in [5.74, 6) is -0.417. The van der Waals surface area contributed by atoms with Gasteiger partial charge in [0.1, 0.15) is 10.0 Å². The summed E-state index contributed by atoms with van der Waals surface area (Å²) in [6.45, 7) is -0.209. The van der Waals surface area contributed by atoms with Crippen molar-refractivity contribution in [1.29, 1.82) is 0 Å². The predicted octanol–water partition coefficient (Wildman–Crippen LogP) is 3.07. The quantitative estimate of drug-likeness (QED) is 0.742. The van der Waals surface area contributed by atoms with Crippen molar-refractivity contribution in [3.8, 4) is 11.4 Å². The number of thiophene rings is 1. The number of nitrogens with zero attached hydrogens (tertiary/aromatic N) is 2. The fourth-order valence-corrected chi connectivity index (χ4v) is 4.25. The van der Waals surface area contributed by atoms with Gasteiger partial charge in [0.25, 0.3) is 10.0 Å². The summed E-state index contributed by atoms with van der Waals surface area (Å²) in [5, 5.41) is 3.65. The molecule has 2 heterocycles. The first-order chi connectivity index (χ1) is 11.0. The normalized spacial score (nSPS) is 11.7. The number of benzene rings is 1. The number of hydrogen-bond acceptors (Lipinski definition) is 6. The summed E-state index contributed by atoms with van der Waals surface area (Å²) in [6.07, 6.45) is 0. The minimum absolute atomic E-state index is 0.0227. The van der Waals surface area contributed by atoms with Gasteiger partial charge in [0.15, 0.2) is 0 Å². The number of rotatable bonds is 5. The molecule has 0 fully saturated rings. The van der Waals surface area contributed by atoms with Gasteiger partial charge in [0.2, 0.25) is 11.7 Å². The third-order valence-corrected chi connectivity index (χ3v) is 5.93. The van der Waals surface area contributed by atoms with Gasteiger partial charge in [-0.25, -0.2) is 17.5 Å². The van der Waals surface area contributed by atoms with E-state index < -0.39 is 15.8 Å². The molecule has 0 amide bonds. The lowest BCUT2D eigenvalue weighted by atomic mass is 10.2. The molecule has 120 valence electrons. The molecule has 0 aliphatic carbocycles. The third kappa shape index (κ3) is 3.58. The molecule has 0 aliphatic heterocycles. The molecule has 2 aromatic heterocycles. The lowest BCUT2D eigenvalue weighted by Crippen LogP contribution is -2.22. The van der Waals surface area contributed by atoms with E-state index in [1.807, 2.05) is 0 Å². The minimum atomic E-state index is -3.72. The van der Waals surface area contributed by atoms with Gasteiger partial charge < -0.3 is 4.52 Å². The Kier molecular flexibility index (Phi) is 4.44. The fourth-order valence-electron chi connectivity index (χ4n) is 1.75. The van der Waals surface area contributed by atoms with Gasteiger partial charge in [-0.05, 0) is 24.3 Å². The van der Waals surface area contributed by atoms with E-state index in [-0.39, 0.29) is 28.0 Å². The maximum absolute atomic E-state index is 13.6. The summed E-state index contributed by atoms with van der Waals surface area (Å²) in [7, 11) is -3.72. The van der Waals surface area contributed by atoms with Crippen molar-refractivity contribution in [3.63, 3.8) is 0 Å². The van der Waals surface area contributed by atoms with Crippen molar-refractivity contribution in [2.24, 2.45) is 0 Å². The Bertz CT molecular complexity index is 939. The number of halogens is 2. The summed E-state index contributed by atoms with van der Waals surface area (Å²) < 4.78 is 45.4. The third-order valence-electron chi connectivity index (χ3n) is 2.81. The van der Waals surface area contributed by atoms with Gasteiger partial charge in [-0.3, -0.25) is 0 Å². The van der Waals surface area contributed by atoms with E-state index in [0.717, 1.165) is 11.3 Å². The standard InChI is InChI=1S/C13H9ClFN3O3S2/c14-10-5-6-12(22-10)23(19,20)16-7-11-17-13(18-21-11)8-3-1-2-4-9(8)15/h1-6,16H,7H2. The first-order valence-electron chi connectivity index (χ1n) is 6.28. The van der Waals surface area contributed by atoms with Crippen LogP contribution in [0.15, 0.2) is 45.1 Å². The second-order valence-electron chi connectivity index (χ2n) is 4.37. The van der Waals surface area contributed by atoms with Gasteiger partial charge in [-0.1, -0.05) is 28.9 Å². The van der Waals surface area contributed by atoms with Crippen molar-refractivity contribution in [2.75, 3.05) is 0 Å². The molecule has 23 heavy (non-hydrogen) atoms. The van der Waals surface area contributed by atoms with Gasteiger partial charge >= 0.3 is 0 Å². The topological polar surface area (TPSA) is 85.1 Å². The molecule has 1 N–H and O–H groups in total. The van der Waals surface area contributed by atoms with Crippen molar-refractivity contribution in [2.45, 2.75) is 10.8 Å². The van der Waals surface area contributed by atoms with Crippen molar-refractivity contribution in [1.82, 2.24) is 14.9 Å². The van der Waals surface area contributed by atoms with E-state index in [0.29, 0.717) is 4.34 Å². The molecule has 6 nitrogen and oxygen atoms in total. The SMILES string of the molecule is O=S(=O)(NCc1nc(-c2ccccc2F)no1)c1ccc(Cl)s1. The van der Waals surface area contributed by atoms with Crippen LogP contribution < -0.4 is 4.72 Å². The number of hydrogen-bond donors (Lipinski definition) is 1. The van der Waals surface area contributed by atoms with E-state index in [1.54, 1.807) is 12.1 Å². The smallest absolute Gasteiger partial charge is 0.250 e. The molecular formula is C13H9ClFN3O3S2. The maximum Gasteiger partial charge on any atom is 0.250 e. The summed E-state index contributed by atoms with van der Waals surface area (Å²) in [6, 6.07) is 8.84. The Morgan fingerprint density at radius 1 is 1.26 bits per heavy atom. The van der Waals surface area contributed by atoms with Crippen LogP contribution in [0.3, 0.4) is 0 Å². The van der Waals surface area contributed by atoms with Crippen LogP contribution in [0.2, 0.25) is 4.34 Å². The average Bonchev–Trinajstić information content (AvgIpc) is 3.15. The average molecular weight is 374 g/mol. The van der Waals surface area contributed by atoms with E-state index in [1.165, 1.54) is 24.3 Å². The molecule has 0 saturated carbocycles.